The molecule has 0 unspecified atom stereocenters. The van der Waals surface area contributed by atoms with Crippen molar-refractivity contribution in [2.75, 3.05) is 13.2 Å². The van der Waals surface area contributed by atoms with Gasteiger partial charge in [-0.1, -0.05) is 20.8 Å². The molecule has 0 N–H and O–H groups in total. The Bertz CT molecular complexity index is 413. The van der Waals surface area contributed by atoms with Crippen LogP contribution in [-0.2, 0) is 33.4 Å². The molecule has 0 amide bonds. The summed E-state index contributed by atoms with van der Waals surface area (Å²) >= 11 is 0. The first-order valence-corrected chi connectivity index (χ1v) is 6.42. The van der Waals surface area contributed by atoms with E-state index in [2.05, 4.69) is 0 Å². The van der Waals surface area contributed by atoms with Crippen LogP contribution in [0, 0.1) is 5.41 Å². The molecule has 0 spiro atoms. The Morgan fingerprint density at radius 1 is 0.762 bits per heavy atom. The summed E-state index contributed by atoms with van der Waals surface area (Å²) in [4.78, 5) is 45.9. The molecule has 0 radical (unpaired) electrons. The summed E-state index contributed by atoms with van der Waals surface area (Å²) < 4.78 is 14.7. The number of hydrogen-bond acceptors (Lipinski definition) is 7. The van der Waals surface area contributed by atoms with Crippen LogP contribution in [-0.4, -0.2) is 42.5 Å². The van der Waals surface area contributed by atoms with Crippen LogP contribution in [0.25, 0.3) is 0 Å². The molecule has 0 aromatic heterocycles. The summed E-state index contributed by atoms with van der Waals surface area (Å²) in [5.74, 6) is -2.54. The molecule has 0 saturated carbocycles. The molecule has 0 atom stereocenters. The van der Waals surface area contributed by atoms with Gasteiger partial charge in [-0.25, -0.2) is 0 Å². The topological polar surface area (TPSA) is 96.0 Å². The smallest absolute Gasteiger partial charge is 0.303 e. The zero-order valence-electron chi connectivity index (χ0n) is 13.3. The average Bonchev–Trinajstić information content (AvgIpc) is 2.30. The molecule has 0 saturated heterocycles. The van der Waals surface area contributed by atoms with Gasteiger partial charge in [-0.05, 0) is 0 Å². The van der Waals surface area contributed by atoms with Crippen LogP contribution in [0.2, 0.25) is 0 Å². The van der Waals surface area contributed by atoms with Gasteiger partial charge in [-0.15, -0.1) is 0 Å². The monoisotopic (exact) mass is 302 g/mol. The van der Waals surface area contributed by atoms with Crippen LogP contribution >= 0.6 is 0 Å². The Kier molecular flexibility index (Phi) is 6.53. The molecule has 0 aromatic carbocycles. The molecule has 0 aliphatic heterocycles. The Morgan fingerprint density at radius 2 is 1.14 bits per heavy atom. The van der Waals surface area contributed by atoms with Crippen molar-refractivity contribution < 1.29 is 33.4 Å². The standard InChI is InChI=1S/C14H22O7/c1-9(15)19-7-14(21-11(3)17,8-20-10(2)16)12(18)13(4,5)6/h7-8H2,1-6H3. The van der Waals surface area contributed by atoms with E-state index in [-0.39, 0.29) is 0 Å². The van der Waals surface area contributed by atoms with Crippen LogP contribution in [0.3, 0.4) is 0 Å². The predicted octanol–water partition coefficient (Wildman–Crippen LogP) is 1.03. The fourth-order valence-corrected chi connectivity index (χ4v) is 1.67. The van der Waals surface area contributed by atoms with Crippen molar-refractivity contribution in [1.82, 2.24) is 0 Å². The van der Waals surface area contributed by atoms with Crippen molar-refractivity contribution in [1.29, 1.82) is 0 Å². The van der Waals surface area contributed by atoms with Crippen molar-refractivity contribution in [2.24, 2.45) is 5.41 Å². The van der Waals surface area contributed by atoms with Crippen LogP contribution < -0.4 is 0 Å². The zero-order valence-corrected chi connectivity index (χ0v) is 13.3. The van der Waals surface area contributed by atoms with Crippen molar-refractivity contribution in [3.05, 3.63) is 0 Å². The molecule has 0 aliphatic carbocycles. The summed E-state index contributed by atoms with van der Waals surface area (Å²) in [6.45, 7) is 7.28. The van der Waals surface area contributed by atoms with E-state index < -0.39 is 47.9 Å². The van der Waals surface area contributed by atoms with Crippen molar-refractivity contribution in [2.45, 2.75) is 47.1 Å². The highest BCUT2D eigenvalue weighted by Crippen LogP contribution is 2.27. The lowest BCUT2D eigenvalue weighted by molar-refractivity contribution is -0.189. The molecular formula is C14H22O7. The summed E-state index contributed by atoms with van der Waals surface area (Å²) in [6.07, 6.45) is 0. The molecule has 120 valence electrons. The van der Waals surface area contributed by atoms with Gasteiger partial charge in [-0.3, -0.25) is 19.2 Å². The molecule has 7 heteroatoms. The van der Waals surface area contributed by atoms with Gasteiger partial charge in [0.15, 0.2) is 5.78 Å². The van der Waals surface area contributed by atoms with E-state index in [0.717, 1.165) is 20.8 Å². The number of carbonyl (C=O) groups excluding carboxylic acids is 4. The minimum Gasteiger partial charge on any atom is -0.461 e. The Hall–Kier alpha value is -1.92. The van der Waals surface area contributed by atoms with Crippen LogP contribution in [0.5, 0.6) is 0 Å². The van der Waals surface area contributed by atoms with Gasteiger partial charge >= 0.3 is 17.9 Å². The molecule has 0 rings (SSSR count). The molecule has 7 nitrogen and oxygen atoms in total. The van der Waals surface area contributed by atoms with Gasteiger partial charge < -0.3 is 14.2 Å². The van der Waals surface area contributed by atoms with Gasteiger partial charge in [0.1, 0.15) is 13.2 Å². The minimum absolute atomic E-state index is 0.507. The summed E-state index contributed by atoms with van der Waals surface area (Å²) in [7, 11) is 0. The molecule has 0 heterocycles. The summed E-state index contributed by atoms with van der Waals surface area (Å²) in [5.41, 5.74) is -2.74. The number of rotatable bonds is 6. The van der Waals surface area contributed by atoms with Crippen molar-refractivity contribution in [3.8, 4) is 0 Å². The molecule has 0 fully saturated rings. The highest BCUT2D eigenvalue weighted by atomic mass is 16.6. The quantitative estimate of drug-likeness (QED) is 0.534. The third kappa shape index (κ3) is 6.37. The van der Waals surface area contributed by atoms with E-state index in [0.29, 0.717) is 0 Å². The van der Waals surface area contributed by atoms with Crippen LogP contribution in [0.1, 0.15) is 41.5 Å². The largest absolute Gasteiger partial charge is 0.461 e. The minimum atomic E-state index is -1.85. The first-order valence-electron chi connectivity index (χ1n) is 6.42. The second-order valence-corrected chi connectivity index (χ2v) is 5.73. The SMILES string of the molecule is CC(=O)OCC(COC(C)=O)(OC(C)=O)C(=O)C(C)(C)C. The second kappa shape index (κ2) is 7.19. The van der Waals surface area contributed by atoms with Crippen molar-refractivity contribution in [3.63, 3.8) is 0 Å². The predicted molar refractivity (Wildman–Crippen MR) is 72.2 cm³/mol. The first-order chi connectivity index (χ1) is 9.40. The van der Waals surface area contributed by atoms with Gasteiger partial charge in [0.2, 0.25) is 5.60 Å². The zero-order chi connectivity index (χ0) is 16.8. The van der Waals surface area contributed by atoms with Gasteiger partial charge in [0, 0.05) is 26.2 Å². The maximum atomic E-state index is 12.6. The maximum Gasteiger partial charge on any atom is 0.303 e. The van der Waals surface area contributed by atoms with Gasteiger partial charge in [-0.2, -0.15) is 0 Å². The number of Topliss-reactive ketones (excluding diaryl/α,β-unsaturated/α-hetero) is 1. The van der Waals surface area contributed by atoms with E-state index in [1.165, 1.54) is 0 Å². The molecular weight excluding hydrogens is 280 g/mol. The number of esters is 3. The lowest BCUT2D eigenvalue weighted by atomic mass is 9.80. The lowest BCUT2D eigenvalue weighted by Crippen LogP contribution is -2.55. The van der Waals surface area contributed by atoms with E-state index in [1.807, 2.05) is 0 Å². The normalized spacial score (nSPS) is 11.5. The van der Waals surface area contributed by atoms with Crippen LogP contribution in [0.15, 0.2) is 0 Å². The summed E-state index contributed by atoms with van der Waals surface area (Å²) in [6, 6.07) is 0. The number of carbonyl (C=O) groups is 4. The fraction of sp³-hybridized carbons (Fsp3) is 0.714. The summed E-state index contributed by atoms with van der Waals surface area (Å²) in [5, 5.41) is 0. The van der Waals surface area contributed by atoms with Gasteiger partial charge in [0.05, 0.1) is 0 Å². The highest BCUT2D eigenvalue weighted by molar-refractivity contribution is 5.94. The molecule has 0 aliphatic rings. The molecule has 21 heavy (non-hydrogen) atoms. The number of ketones is 1. The van der Waals surface area contributed by atoms with Crippen molar-refractivity contribution >= 4 is 23.7 Å². The highest BCUT2D eigenvalue weighted by Gasteiger charge is 2.49. The third-order valence-corrected chi connectivity index (χ3v) is 2.45. The van der Waals surface area contributed by atoms with E-state index in [9.17, 15) is 19.2 Å². The lowest BCUT2D eigenvalue weighted by Gasteiger charge is -2.35. The molecule has 0 aromatic rings. The Morgan fingerprint density at radius 3 is 1.38 bits per heavy atom. The first kappa shape index (κ1) is 19.1. The van der Waals surface area contributed by atoms with Crippen LogP contribution in [0.4, 0.5) is 0 Å². The maximum absolute atomic E-state index is 12.6. The average molecular weight is 302 g/mol. The Labute approximate surface area is 123 Å². The molecule has 0 bridgehead atoms. The third-order valence-electron chi connectivity index (χ3n) is 2.45. The number of ether oxygens (including phenoxy) is 3. The number of hydrogen-bond donors (Lipinski definition) is 0. The van der Waals surface area contributed by atoms with Gasteiger partial charge in [0.25, 0.3) is 0 Å². The second-order valence-electron chi connectivity index (χ2n) is 5.73. The Balaban J connectivity index is 5.57. The fourth-order valence-electron chi connectivity index (χ4n) is 1.67. The van der Waals surface area contributed by atoms with E-state index in [4.69, 9.17) is 14.2 Å². The van der Waals surface area contributed by atoms with E-state index >= 15 is 0 Å². The van der Waals surface area contributed by atoms with E-state index in [1.54, 1.807) is 20.8 Å².